The molecule has 2 aliphatic heterocycles. The number of fused-ring (bicyclic) bond motifs is 1. The van der Waals surface area contributed by atoms with E-state index in [-0.39, 0.29) is 23.7 Å². The molecule has 0 saturated carbocycles. The van der Waals surface area contributed by atoms with E-state index in [1.54, 1.807) is 7.11 Å². The molecule has 2 aliphatic rings. The average Bonchev–Trinajstić information content (AvgIpc) is 2.94. The van der Waals surface area contributed by atoms with E-state index in [4.69, 9.17) is 4.74 Å². The number of Topliss-reactive ketones (excluding diaryl/α,β-unsaturated/α-hetero) is 1. The van der Waals surface area contributed by atoms with E-state index in [1.165, 1.54) is 0 Å². The van der Waals surface area contributed by atoms with Crippen molar-refractivity contribution in [3.05, 3.63) is 29.8 Å². The minimum Gasteiger partial charge on any atom is -0.497 e. The zero-order chi connectivity index (χ0) is 14.8. The molecule has 0 radical (unpaired) electrons. The minimum atomic E-state index is -0.0488. The lowest BCUT2D eigenvalue weighted by Crippen LogP contribution is -2.40. The summed E-state index contributed by atoms with van der Waals surface area (Å²) >= 11 is 0. The van der Waals surface area contributed by atoms with E-state index in [0.717, 1.165) is 43.5 Å². The van der Waals surface area contributed by atoms with Crippen molar-refractivity contribution in [3.8, 4) is 5.75 Å². The summed E-state index contributed by atoms with van der Waals surface area (Å²) in [6, 6.07) is 7.40. The number of carbonyl (C=O) groups excluding carboxylic acids is 2. The van der Waals surface area contributed by atoms with Crippen LogP contribution in [0.15, 0.2) is 24.3 Å². The van der Waals surface area contributed by atoms with Crippen LogP contribution in [0.25, 0.3) is 0 Å². The van der Waals surface area contributed by atoms with E-state index < -0.39 is 0 Å². The molecule has 3 rings (SSSR count). The van der Waals surface area contributed by atoms with Gasteiger partial charge in [-0.15, -0.1) is 0 Å². The number of amides is 1. The Morgan fingerprint density at radius 1 is 1.19 bits per heavy atom. The lowest BCUT2D eigenvalue weighted by atomic mass is 9.86. The Morgan fingerprint density at radius 3 is 2.67 bits per heavy atom. The predicted molar refractivity (Wildman–Crippen MR) is 79.4 cm³/mol. The molecule has 0 N–H and O–H groups in total. The number of hydrogen-bond acceptors (Lipinski definition) is 3. The molecule has 0 unspecified atom stereocenters. The van der Waals surface area contributed by atoms with Crippen LogP contribution in [-0.2, 0) is 4.79 Å². The highest BCUT2D eigenvalue weighted by Gasteiger charge is 2.40. The van der Waals surface area contributed by atoms with Gasteiger partial charge in [0, 0.05) is 30.5 Å². The fraction of sp³-hybridized carbons (Fsp3) is 0.529. The summed E-state index contributed by atoms with van der Waals surface area (Å²) in [4.78, 5) is 26.8. The zero-order valence-electron chi connectivity index (χ0n) is 12.4. The van der Waals surface area contributed by atoms with Crippen LogP contribution in [-0.4, -0.2) is 36.3 Å². The molecule has 21 heavy (non-hydrogen) atoms. The van der Waals surface area contributed by atoms with Crippen LogP contribution in [0.3, 0.4) is 0 Å². The Morgan fingerprint density at radius 2 is 1.95 bits per heavy atom. The lowest BCUT2D eigenvalue weighted by molar-refractivity contribution is -0.131. The molecule has 0 bridgehead atoms. The van der Waals surface area contributed by atoms with Crippen molar-refractivity contribution in [3.63, 3.8) is 0 Å². The molecular weight excluding hydrogens is 266 g/mol. The van der Waals surface area contributed by atoms with Crippen LogP contribution < -0.4 is 4.74 Å². The predicted octanol–water partition coefficient (Wildman–Crippen LogP) is 2.67. The fourth-order valence-corrected chi connectivity index (χ4v) is 3.60. The second kappa shape index (κ2) is 5.88. The van der Waals surface area contributed by atoms with E-state index >= 15 is 0 Å². The van der Waals surface area contributed by atoms with Crippen molar-refractivity contribution in [1.82, 2.24) is 4.90 Å². The molecule has 2 heterocycles. The summed E-state index contributed by atoms with van der Waals surface area (Å²) in [5.74, 6) is 1.10. The van der Waals surface area contributed by atoms with Crippen LogP contribution in [0.2, 0.25) is 0 Å². The van der Waals surface area contributed by atoms with Crippen molar-refractivity contribution >= 4 is 11.7 Å². The number of ketones is 1. The largest absolute Gasteiger partial charge is 0.497 e. The smallest absolute Gasteiger partial charge is 0.222 e. The molecule has 1 aromatic carbocycles. The van der Waals surface area contributed by atoms with Crippen LogP contribution in [0.5, 0.6) is 5.75 Å². The summed E-state index contributed by atoms with van der Waals surface area (Å²) in [6.45, 7) is 0.815. The summed E-state index contributed by atoms with van der Waals surface area (Å²) in [7, 11) is 1.62. The number of methoxy groups -OCH3 is 1. The van der Waals surface area contributed by atoms with Crippen LogP contribution >= 0.6 is 0 Å². The molecule has 2 fully saturated rings. The number of hydrogen-bond donors (Lipinski definition) is 0. The van der Waals surface area contributed by atoms with Gasteiger partial charge in [-0.05, 0) is 49.9 Å². The molecule has 112 valence electrons. The lowest BCUT2D eigenvalue weighted by Gasteiger charge is -2.28. The van der Waals surface area contributed by atoms with E-state index in [1.807, 2.05) is 29.2 Å². The molecule has 2 saturated heterocycles. The number of ether oxygens (including phenoxy) is 1. The van der Waals surface area contributed by atoms with Gasteiger partial charge in [-0.2, -0.15) is 0 Å². The zero-order valence-corrected chi connectivity index (χ0v) is 12.4. The monoisotopic (exact) mass is 287 g/mol. The van der Waals surface area contributed by atoms with E-state index in [9.17, 15) is 9.59 Å². The molecule has 1 aromatic rings. The van der Waals surface area contributed by atoms with Crippen molar-refractivity contribution in [2.45, 2.75) is 38.1 Å². The molecule has 4 heteroatoms. The first-order valence-electron chi connectivity index (χ1n) is 7.68. The second-order valence-corrected chi connectivity index (χ2v) is 5.89. The maximum Gasteiger partial charge on any atom is 0.222 e. The SMILES string of the molecule is COc1ccc(C(=O)[C@H]2CCCC(=O)N3CCC[C@H]23)cc1. The standard InChI is InChI=1S/C17H21NO3/c1-21-13-9-7-12(8-10-13)17(20)14-4-2-6-16(19)18-11-3-5-15(14)18/h7-10,14-15H,2-6,11H2,1H3/t14-,15+/m0/s1. The van der Waals surface area contributed by atoms with Crippen molar-refractivity contribution in [1.29, 1.82) is 0 Å². The van der Waals surface area contributed by atoms with Gasteiger partial charge in [0.2, 0.25) is 5.91 Å². The first-order chi connectivity index (χ1) is 10.2. The first kappa shape index (κ1) is 14.1. The highest BCUT2D eigenvalue weighted by molar-refractivity contribution is 5.99. The van der Waals surface area contributed by atoms with Gasteiger partial charge >= 0.3 is 0 Å². The van der Waals surface area contributed by atoms with Crippen molar-refractivity contribution in [2.75, 3.05) is 13.7 Å². The molecule has 0 spiro atoms. The average molecular weight is 287 g/mol. The molecule has 0 aromatic heterocycles. The number of benzene rings is 1. The Hall–Kier alpha value is -1.84. The van der Waals surface area contributed by atoms with Crippen molar-refractivity contribution < 1.29 is 14.3 Å². The second-order valence-electron chi connectivity index (χ2n) is 5.89. The van der Waals surface area contributed by atoms with Gasteiger partial charge in [0.15, 0.2) is 5.78 Å². The van der Waals surface area contributed by atoms with Gasteiger partial charge in [-0.3, -0.25) is 9.59 Å². The third kappa shape index (κ3) is 2.67. The maximum atomic E-state index is 12.8. The van der Waals surface area contributed by atoms with E-state index in [0.29, 0.717) is 6.42 Å². The quantitative estimate of drug-likeness (QED) is 0.803. The maximum absolute atomic E-state index is 12.8. The molecule has 0 aliphatic carbocycles. The van der Waals surface area contributed by atoms with Crippen LogP contribution in [0.4, 0.5) is 0 Å². The van der Waals surface area contributed by atoms with Crippen molar-refractivity contribution in [2.24, 2.45) is 5.92 Å². The summed E-state index contributed by atoms with van der Waals surface area (Å²) in [5, 5.41) is 0. The van der Waals surface area contributed by atoms with Gasteiger partial charge in [0.05, 0.1) is 7.11 Å². The van der Waals surface area contributed by atoms with Gasteiger partial charge in [0.25, 0.3) is 0 Å². The van der Waals surface area contributed by atoms with Gasteiger partial charge in [-0.25, -0.2) is 0 Å². The minimum absolute atomic E-state index is 0.0488. The number of carbonyl (C=O) groups is 2. The van der Waals surface area contributed by atoms with Crippen LogP contribution in [0, 0.1) is 5.92 Å². The topological polar surface area (TPSA) is 46.6 Å². The number of rotatable bonds is 3. The summed E-state index contributed by atoms with van der Waals surface area (Å²) in [6.07, 6.45) is 4.19. The molecule has 2 atom stereocenters. The van der Waals surface area contributed by atoms with Gasteiger partial charge in [0.1, 0.15) is 5.75 Å². The normalized spacial score (nSPS) is 25.4. The Balaban J connectivity index is 1.83. The Bertz CT molecular complexity index is 537. The Labute approximate surface area is 125 Å². The van der Waals surface area contributed by atoms with Gasteiger partial charge in [-0.1, -0.05) is 0 Å². The van der Waals surface area contributed by atoms with Gasteiger partial charge < -0.3 is 9.64 Å². The molecule has 1 amide bonds. The summed E-state index contributed by atoms with van der Waals surface area (Å²) in [5.41, 5.74) is 0.724. The van der Waals surface area contributed by atoms with Crippen LogP contribution in [0.1, 0.15) is 42.5 Å². The Kier molecular flexibility index (Phi) is 3.95. The third-order valence-electron chi connectivity index (χ3n) is 4.70. The molecular formula is C17H21NO3. The fourth-order valence-electron chi connectivity index (χ4n) is 3.60. The first-order valence-corrected chi connectivity index (χ1v) is 7.68. The highest BCUT2D eigenvalue weighted by Crippen LogP contribution is 2.33. The number of nitrogens with zero attached hydrogens (tertiary/aromatic N) is 1. The highest BCUT2D eigenvalue weighted by atomic mass is 16.5. The van der Waals surface area contributed by atoms with E-state index in [2.05, 4.69) is 0 Å². The third-order valence-corrected chi connectivity index (χ3v) is 4.70. The molecule has 4 nitrogen and oxygen atoms in total. The summed E-state index contributed by atoms with van der Waals surface area (Å²) < 4.78 is 5.13.